The fourth-order valence-corrected chi connectivity index (χ4v) is 1.13. The zero-order valence-corrected chi connectivity index (χ0v) is 11.1. The maximum atomic E-state index is 11.2. The van der Waals surface area contributed by atoms with Gasteiger partial charge in [0.05, 0.1) is 13.2 Å². The lowest BCUT2D eigenvalue weighted by Crippen LogP contribution is -2.08. The third-order valence-corrected chi connectivity index (χ3v) is 2.05. The van der Waals surface area contributed by atoms with E-state index in [-0.39, 0.29) is 12.2 Å². The van der Waals surface area contributed by atoms with Crippen molar-refractivity contribution in [2.45, 2.75) is 33.1 Å². The standard InChI is InChI=1S/C13H21NO4/c1-3-5-6-7-16-8-9-17-11-12(10-14)13(15)18-4-2/h11H,3-9H2,1-2H3/b12-11+. The Balaban J connectivity index is 3.66. The van der Waals surface area contributed by atoms with Gasteiger partial charge in [-0.1, -0.05) is 19.8 Å². The number of nitriles is 1. The van der Waals surface area contributed by atoms with Crippen LogP contribution in [0.5, 0.6) is 0 Å². The topological polar surface area (TPSA) is 68.5 Å². The number of hydrogen-bond acceptors (Lipinski definition) is 5. The first-order valence-corrected chi connectivity index (χ1v) is 6.23. The molecule has 5 nitrogen and oxygen atoms in total. The first kappa shape index (κ1) is 16.5. The van der Waals surface area contributed by atoms with Crippen molar-refractivity contribution in [3.8, 4) is 6.07 Å². The molecule has 0 aliphatic rings. The highest BCUT2D eigenvalue weighted by Gasteiger charge is 2.09. The van der Waals surface area contributed by atoms with Gasteiger partial charge in [0.15, 0.2) is 5.57 Å². The number of nitrogens with zero attached hydrogens (tertiary/aromatic N) is 1. The van der Waals surface area contributed by atoms with Gasteiger partial charge in [0.1, 0.15) is 18.9 Å². The van der Waals surface area contributed by atoms with Gasteiger partial charge >= 0.3 is 5.97 Å². The van der Waals surface area contributed by atoms with E-state index in [1.54, 1.807) is 13.0 Å². The summed E-state index contributed by atoms with van der Waals surface area (Å²) in [5.41, 5.74) is -0.136. The molecule has 0 fully saturated rings. The van der Waals surface area contributed by atoms with E-state index < -0.39 is 5.97 Å². The molecule has 102 valence electrons. The fraction of sp³-hybridized carbons (Fsp3) is 0.692. The Morgan fingerprint density at radius 3 is 2.61 bits per heavy atom. The van der Waals surface area contributed by atoms with Gasteiger partial charge < -0.3 is 14.2 Å². The molecule has 0 rings (SSSR count). The van der Waals surface area contributed by atoms with Gasteiger partial charge in [-0.25, -0.2) is 4.79 Å². The Morgan fingerprint density at radius 2 is 2.00 bits per heavy atom. The Bertz CT molecular complexity index is 294. The fourth-order valence-electron chi connectivity index (χ4n) is 1.13. The second kappa shape index (κ2) is 11.9. The minimum absolute atomic E-state index is 0.136. The average molecular weight is 255 g/mol. The summed E-state index contributed by atoms with van der Waals surface area (Å²) >= 11 is 0. The van der Waals surface area contributed by atoms with E-state index >= 15 is 0 Å². The lowest BCUT2D eigenvalue weighted by atomic mass is 10.3. The van der Waals surface area contributed by atoms with Crippen LogP contribution in [0.15, 0.2) is 11.8 Å². The van der Waals surface area contributed by atoms with Crippen molar-refractivity contribution in [3.63, 3.8) is 0 Å². The summed E-state index contributed by atoms with van der Waals surface area (Å²) in [5.74, 6) is -0.663. The smallest absolute Gasteiger partial charge is 0.352 e. The normalized spacial score (nSPS) is 10.8. The van der Waals surface area contributed by atoms with Crippen LogP contribution in [0.25, 0.3) is 0 Å². The van der Waals surface area contributed by atoms with Gasteiger partial charge in [-0.2, -0.15) is 5.26 Å². The molecule has 0 bridgehead atoms. The molecule has 0 saturated heterocycles. The second-order valence-electron chi connectivity index (χ2n) is 3.55. The van der Waals surface area contributed by atoms with E-state index in [1.807, 2.05) is 0 Å². The molecule has 5 heteroatoms. The van der Waals surface area contributed by atoms with Gasteiger partial charge in [-0.15, -0.1) is 0 Å². The summed E-state index contributed by atoms with van der Waals surface area (Å²) in [5, 5.41) is 8.69. The number of ether oxygens (including phenoxy) is 3. The molecule has 0 saturated carbocycles. The second-order valence-corrected chi connectivity index (χ2v) is 3.55. The van der Waals surface area contributed by atoms with Crippen LogP contribution in [-0.4, -0.2) is 32.4 Å². The Morgan fingerprint density at radius 1 is 1.22 bits per heavy atom. The molecule has 0 unspecified atom stereocenters. The van der Waals surface area contributed by atoms with Crippen LogP contribution in [0.4, 0.5) is 0 Å². The molecule has 0 aliphatic heterocycles. The van der Waals surface area contributed by atoms with Crippen molar-refractivity contribution < 1.29 is 19.0 Å². The van der Waals surface area contributed by atoms with Crippen molar-refractivity contribution in [2.24, 2.45) is 0 Å². The van der Waals surface area contributed by atoms with Gasteiger partial charge in [0.2, 0.25) is 0 Å². The van der Waals surface area contributed by atoms with Crippen molar-refractivity contribution in [2.75, 3.05) is 26.4 Å². The summed E-state index contributed by atoms with van der Waals surface area (Å²) in [6.07, 6.45) is 4.47. The molecule has 0 N–H and O–H groups in total. The number of rotatable bonds is 10. The number of esters is 1. The van der Waals surface area contributed by atoms with Gasteiger partial charge in [0.25, 0.3) is 0 Å². The molecule has 0 aromatic rings. The largest absolute Gasteiger partial charge is 0.497 e. The highest BCUT2D eigenvalue weighted by atomic mass is 16.5. The van der Waals surface area contributed by atoms with Crippen LogP contribution in [0.3, 0.4) is 0 Å². The maximum Gasteiger partial charge on any atom is 0.352 e. The molecule has 0 aromatic carbocycles. The third-order valence-electron chi connectivity index (χ3n) is 2.05. The summed E-state index contributed by atoms with van der Waals surface area (Å²) in [4.78, 5) is 11.2. The van der Waals surface area contributed by atoms with E-state index in [9.17, 15) is 4.79 Å². The highest BCUT2D eigenvalue weighted by Crippen LogP contribution is 1.98. The molecular weight excluding hydrogens is 234 g/mol. The molecule has 0 atom stereocenters. The van der Waals surface area contributed by atoms with E-state index in [1.165, 1.54) is 0 Å². The molecule has 0 spiro atoms. The average Bonchev–Trinajstić information content (AvgIpc) is 2.37. The number of unbranched alkanes of at least 4 members (excludes halogenated alkanes) is 2. The van der Waals surface area contributed by atoms with Crippen LogP contribution >= 0.6 is 0 Å². The predicted molar refractivity (Wildman–Crippen MR) is 66.6 cm³/mol. The van der Waals surface area contributed by atoms with Gasteiger partial charge in [0, 0.05) is 6.61 Å². The summed E-state index contributed by atoms with van der Waals surface area (Å²) in [6.45, 7) is 5.52. The monoisotopic (exact) mass is 255 g/mol. The maximum absolute atomic E-state index is 11.2. The minimum atomic E-state index is -0.663. The van der Waals surface area contributed by atoms with Crippen LogP contribution in [0.1, 0.15) is 33.1 Å². The summed E-state index contributed by atoms with van der Waals surface area (Å²) in [7, 11) is 0. The van der Waals surface area contributed by atoms with Crippen molar-refractivity contribution in [1.29, 1.82) is 5.26 Å². The number of carbonyl (C=O) groups excluding carboxylic acids is 1. The zero-order chi connectivity index (χ0) is 13.6. The molecule has 0 radical (unpaired) electrons. The minimum Gasteiger partial charge on any atom is -0.497 e. The molecule has 0 amide bonds. The van der Waals surface area contributed by atoms with E-state index in [0.29, 0.717) is 19.8 Å². The summed E-state index contributed by atoms with van der Waals surface area (Å²) < 4.78 is 15.0. The van der Waals surface area contributed by atoms with Crippen molar-refractivity contribution >= 4 is 5.97 Å². The van der Waals surface area contributed by atoms with Gasteiger partial charge in [-0.3, -0.25) is 0 Å². The molecule has 0 aromatic heterocycles. The molecular formula is C13H21NO4. The first-order chi connectivity index (χ1) is 8.76. The molecule has 0 heterocycles. The van der Waals surface area contributed by atoms with Gasteiger partial charge in [-0.05, 0) is 13.3 Å². The zero-order valence-electron chi connectivity index (χ0n) is 11.1. The number of carbonyl (C=O) groups is 1. The van der Waals surface area contributed by atoms with Crippen LogP contribution in [0.2, 0.25) is 0 Å². The lowest BCUT2D eigenvalue weighted by molar-refractivity contribution is -0.138. The van der Waals surface area contributed by atoms with E-state index in [2.05, 4.69) is 11.7 Å². The Hall–Kier alpha value is -1.54. The predicted octanol–water partition coefficient (Wildman–Crippen LogP) is 2.18. The van der Waals surface area contributed by atoms with Crippen LogP contribution in [0, 0.1) is 11.3 Å². The van der Waals surface area contributed by atoms with Crippen LogP contribution < -0.4 is 0 Å². The van der Waals surface area contributed by atoms with Crippen LogP contribution in [-0.2, 0) is 19.0 Å². The Labute approximate surface area is 108 Å². The van der Waals surface area contributed by atoms with E-state index in [4.69, 9.17) is 14.7 Å². The quantitative estimate of drug-likeness (QED) is 0.197. The SMILES string of the molecule is CCCCCOCCO/C=C(\C#N)C(=O)OCC. The third kappa shape index (κ3) is 8.59. The molecule has 0 aliphatic carbocycles. The number of hydrogen-bond donors (Lipinski definition) is 0. The summed E-state index contributed by atoms with van der Waals surface area (Å²) in [6, 6.07) is 1.73. The van der Waals surface area contributed by atoms with E-state index in [0.717, 1.165) is 25.5 Å². The Kier molecular flexibility index (Phi) is 10.9. The van der Waals surface area contributed by atoms with Crippen molar-refractivity contribution in [1.82, 2.24) is 0 Å². The van der Waals surface area contributed by atoms with Crippen molar-refractivity contribution in [3.05, 3.63) is 11.8 Å². The molecule has 18 heavy (non-hydrogen) atoms. The first-order valence-electron chi connectivity index (χ1n) is 6.23. The highest BCUT2D eigenvalue weighted by molar-refractivity contribution is 5.92. The lowest BCUT2D eigenvalue weighted by Gasteiger charge is -2.04.